The quantitative estimate of drug-likeness (QED) is 0.722. The van der Waals surface area contributed by atoms with Crippen molar-refractivity contribution in [2.45, 2.75) is 82.4 Å². The maximum atomic E-state index is 11.6. The highest BCUT2D eigenvalue weighted by Gasteiger charge is 2.22. The van der Waals surface area contributed by atoms with Crippen LogP contribution < -0.4 is 0 Å². The van der Waals surface area contributed by atoms with E-state index >= 15 is 0 Å². The fourth-order valence-electron chi connectivity index (χ4n) is 2.39. The summed E-state index contributed by atoms with van der Waals surface area (Å²) in [7, 11) is 0. The standard InChI is InChI=1S/C7H12F2O2.C6H12O2/c8-7(9)11-6-3-1-5(10)2-4-6;7-5-1-2-6(8)4-3-5/h5-7,10H,1-4H2;5-8H,1-4H2. The maximum absolute atomic E-state index is 11.6. The second kappa shape index (κ2) is 8.79. The first kappa shape index (κ1) is 16.8. The summed E-state index contributed by atoms with van der Waals surface area (Å²) in [6.07, 6.45) is 4.43. The summed E-state index contributed by atoms with van der Waals surface area (Å²) < 4.78 is 27.6. The van der Waals surface area contributed by atoms with E-state index in [-0.39, 0.29) is 24.4 Å². The first-order valence-electron chi connectivity index (χ1n) is 6.95. The lowest BCUT2D eigenvalue weighted by molar-refractivity contribution is -0.173. The Kier molecular flexibility index (Phi) is 7.75. The fourth-order valence-corrected chi connectivity index (χ4v) is 2.39. The van der Waals surface area contributed by atoms with Crippen LogP contribution in [0.4, 0.5) is 8.78 Å². The van der Waals surface area contributed by atoms with Gasteiger partial charge in [-0.2, -0.15) is 8.78 Å². The van der Waals surface area contributed by atoms with Gasteiger partial charge in [-0.1, -0.05) is 0 Å². The number of alkyl halides is 2. The Balaban J connectivity index is 0.000000200. The minimum Gasteiger partial charge on any atom is -0.393 e. The van der Waals surface area contributed by atoms with Gasteiger partial charge in [-0.05, 0) is 51.4 Å². The molecule has 0 radical (unpaired) electrons. The van der Waals surface area contributed by atoms with Crippen molar-refractivity contribution < 1.29 is 28.8 Å². The molecule has 0 unspecified atom stereocenters. The average molecular weight is 282 g/mol. The third-order valence-electron chi connectivity index (χ3n) is 3.61. The second-order valence-electron chi connectivity index (χ2n) is 5.29. The van der Waals surface area contributed by atoms with Crippen LogP contribution in [0.3, 0.4) is 0 Å². The molecule has 0 amide bonds. The van der Waals surface area contributed by atoms with Gasteiger partial charge in [-0.15, -0.1) is 0 Å². The lowest BCUT2D eigenvalue weighted by Gasteiger charge is -2.24. The molecular formula is C13H24F2O4. The first-order chi connectivity index (χ1) is 8.97. The monoisotopic (exact) mass is 282 g/mol. The largest absolute Gasteiger partial charge is 0.393 e. The maximum Gasteiger partial charge on any atom is 0.345 e. The van der Waals surface area contributed by atoms with Gasteiger partial charge >= 0.3 is 6.61 Å². The molecule has 2 saturated carbocycles. The van der Waals surface area contributed by atoms with Crippen molar-refractivity contribution in [1.29, 1.82) is 0 Å². The van der Waals surface area contributed by atoms with Crippen molar-refractivity contribution in [3.05, 3.63) is 0 Å². The molecule has 0 atom stereocenters. The van der Waals surface area contributed by atoms with Gasteiger partial charge < -0.3 is 20.1 Å². The Morgan fingerprint density at radius 2 is 1.00 bits per heavy atom. The number of halogens is 2. The van der Waals surface area contributed by atoms with E-state index in [2.05, 4.69) is 4.74 Å². The van der Waals surface area contributed by atoms with Crippen molar-refractivity contribution in [3.8, 4) is 0 Å². The number of aliphatic hydroxyl groups is 3. The fraction of sp³-hybridized carbons (Fsp3) is 1.00. The van der Waals surface area contributed by atoms with Crippen LogP contribution in [0.2, 0.25) is 0 Å². The summed E-state index contributed by atoms with van der Waals surface area (Å²) in [4.78, 5) is 0. The molecule has 4 nitrogen and oxygen atoms in total. The molecule has 2 aliphatic rings. The molecule has 3 N–H and O–H groups in total. The lowest BCUT2D eigenvalue weighted by Crippen LogP contribution is -2.25. The lowest BCUT2D eigenvalue weighted by atomic mass is 9.95. The Morgan fingerprint density at radius 3 is 1.32 bits per heavy atom. The normalized spacial score (nSPS) is 35.7. The minimum atomic E-state index is -2.67. The molecular weight excluding hydrogens is 258 g/mol. The van der Waals surface area contributed by atoms with Crippen LogP contribution in [0.1, 0.15) is 51.4 Å². The van der Waals surface area contributed by atoms with Crippen molar-refractivity contribution in [3.63, 3.8) is 0 Å². The summed E-state index contributed by atoms with van der Waals surface area (Å²) in [5, 5.41) is 26.8. The highest BCUT2D eigenvalue weighted by atomic mass is 19.3. The van der Waals surface area contributed by atoms with Gasteiger partial charge in [0.2, 0.25) is 0 Å². The molecule has 19 heavy (non-hydrogen) atoms. The number of hydrogen-bond donors (Lipinski definition) is 3. The molecule has 0 spiro atoms. The Hall–Kier alpha value is -0.300. The Labute approximate surface area is 112 Å². The van der Waals surface area contributed by atoms with Crippen LogP contribution in [0.5, 0.6) is 0 Å². The molecule has 114 valence electrons. The van der Waals surface area contributed by atoms with Gasteiger partial charge in [0.15, 0.2) is 0 Å². The summed E-state index contributed by atoms with van der Waals surface area (Å²) in [6, 6.07) is 0. The summed E-state index contributed by atoms with van der Waals surface area (Å²) in [5.41, 5.74) is 0. The van der Waals surface area contributed by atoms with Crippen LogP contribution in [0.15, 0.2) is 0 Å². The molecule has 6 heteroatoms. The molecule has 2 aliphatic carbocycles. The van der Waals surface area contributed by atoms with E-state index in [9.17, 15) is 8.78 Å². The van der Waals surface area contributed by atoms with E-state index in [1.807, 2.05) is 0 Å². The van der Waals surface area contributed by atoms with Crippen molar-refractivity contribution in [2.75, 3.05) is 0 Å². The van der Waals surface area contributed by atoms with Crippen LogP contribution in [-0.2, 0) is 4.74 Å². The topological polar surface area (TPSA) is 69.9 Å². The smallest absolute Gasteiger partial charge is 0.345 e. The van der Waals surface area contributed by atoms with Gasteiger partial charge in [0.1, 0.15) is 0 Å². The molecule has 0 bridgehead atoms. The van der Waals surface area contributed by atoms with E-state index < -0.39 is 6.61 Å². The third kappa shape index (κ3) is 7.77. The highest BCUT2D eigenvalue weighted by molar-refractivity contribution is 4.71. The van der Waals surface area contributed by atoms with Crippen LogP contribution in [0.25, 0.3) is 0 Å². The van der Waals surface area contributed by atoms with E-state index in [1.165, 1.54) is 0 Å². The van der Waals surface area contributed by atoms with Gasteiger partial charge in [-0.25, -0.2) is 0 Å². The molecule has 0 aromatic heterocycles. The summed E-state index contributed by atoms with van der Waals surface area (Å²) in [6.45, 7) is -2.67. The van der Waals surface area contributed by atoms with Crippen molar-refractivity contribution in [2.24, 2.45) is 0 Å². The molecule has 0 saturated heterocycles. The molecule has 2 fully saturated rings. The SMILES string of the molecule is OC1CCC(O)CC1.OC1CCC(OC(F)F)CC1. The predicted octanol–water partition coefficient (Wildman–Crippen LogP) is 1.81. The number of hydrogen-bond acceptors (Lipinski definition) is 4. The summed E-state index contributed by atoms with van der Waals surface area (Å²) >= 11 is 0. The van der Waals surface area contributed by atoms with Gasteiger partial charge in [0, 0.05) is 0 Å². The van der Waals surface area contributed by atoms with E-state index in [1.54, 1.807) is 0 Å². The second-order valence-corrected chi connectivity index (χ2v) is 5.29. The molecule has 0 aliphatic heterocycles. The number of aliphatic hydroxyl groups excluding tert-OH is 3. The third-order valence-corrected chi connectivity index (χ3v) is 3.61. The zero-order valence-corrected chi connectivity index (χ0v) is 11.0. The van der Waals surface area contributed by atoms with Crippen molar-refractivity contribution in [1.82, 2.24) is 0 Å². The van der Waals surface area contributed by atoms with Gasteiger partial charge in [0.25, 0.3) is 0 Å². The van der Waals surface area contributed by atoms with E-state index in [4.69, 9.17) is 15.3 Å². The zero-order chi connectivity index (χ0) is 14.3. The Morgan fingerprint density at radius 1 is 0.684 bits per heavy atom. The number of rotatable bonds is 2. The van der Waals surface area contributed by atoms with E-state index in [0.29, 0.717) is 25.7 Å². The molecule has 0 aromatic rings. The predicted molar refractivity (Wildman–Crippen MR) is 65.8 cm³/mol. The highest BCUT2D eigenvalue weighted by Crippen LogP contribution is 2.22. The Bertz CT molecular complexity index is 215. The molecule has 2 rings (SSSR count). The molecule has 0 aromatic carbocycles. The zero-order valence-electron chi connectivity index (χ0n) is 11.0. The minimum absolute atomic E-state index is 0.140. The van der Waals surface area contributed by atoms with Crippen LogP contribution in [-0.4, -0.2) is 46.3 Å². The van der Waals surface area contributed by atoms with Crippen LogP contribution in [0, 0.1) is 0 Å². The van der Waals surface area contributed by atoms with E-state index in [0.717, 1.165) is 25.7 Å². The molecule has 0 heterocycles. The summed E-state index contributed by atoms with van der Waals surface area (Å²) in [5.74, 6) is 0. The van der Waals surface area contributed by atoms with Crippen molar-refractivity contribution >= 4 is 0 Å². The number of ether oxygens (including phenoxy) is 1. The average Bonchev–Trinajstić information content (AvgIpc) is 2.36. The first-order valence-corrected chi connectivity index (χ1v) is 6.95. The van der Waals surface area contributed by atoms with Gasteiger partial charge in [0.05, 0.1) is 24.4 Å². The van der Waals surface area contributed by atoms with Gasteiger partial charge in [-0.3, -0.25) is 0 Å². The van der Waals surface area contributed by atoms with Crippen LogP contribution >= 0.6 is 0 Å².